The van der Waals surface area contributed by atoms with Crippen LogP contribution in [0, 0.1) is 0 Å². The van der Waals surface area contributed by atoms with Gasteiger partial charge in [-0.1, -0.05) is 6.07 Å². The molecule has 0 saturated heterocycles. The Morgan fingerprint density at radius 1 is 1.26 bits per heavy atom. The van der Waals surface area contributed by atoms with Gasteiger partial charge in [0.1, 0.15) is 11.5 Å². The van der Waals surface area contributed by atoms with Crippen molar-refractivity contribution in [2.45, 2.75) is 6.92 Å². The van der Waals surface area contributed by atoms with Gasteiger partial charge in [0.2, 0.25) is 0 Å². The highest BCUT2D eigenvalue weighted by Gasteiger charge is 2.21. The number of imidazole rings is 1. The quantitative estimate of drug-likeness (QED) is 0.693. The van der Waals surface area contributed by atoms with Crippen LogP contribution in [0.5, 0.6) is 0 Å². The Morgan fingerprint density at radius 2 is 2.09 bits per heavy atom. The first-order valence-electron chi connectivity index (χ1n) is 7.39. The van der Waals surface area contributed by atoms with E-state index in [1.54, 1.807) is 13.1 Å². The van der Waals surface area contributed by atoms with Crippen LogP contribution in [0.25, 0.3) is 16.9 Å². The Hall–Kier alpha value is -2.89. The lowest BCUT2D eigenvalue weighted by Crippen LogP contribution is -2.10. The molecule has 0 unspecified atom stereocenters. The van der Waals surface area contributed by atoms with E-state index in [2.05, 4.69) is 9.97 Å². The number of aromatic nitrogens is 3. The maximum absolute atomic E-state index is 12.3. The van der Waals surface area contributed by atoms with Crippen LogP contribution >= 0.6 is 0 Å². The number of pyridine rings is 2. The highest BCUT2D eigenvalue weighted by molar-refractivity contribution is 5.95. The summed E-state index contributed by atoms with van der Waals surface area (Å²) >= 11 is 0. The standard InChI is InChI=1S/C17H18N4O2/c1-4-23-17(22)15-16(21-10-6-5-7-14(21)19-15)12-8-9-13(18-11-12)20(2)3/h5-11H,4H2,1-3H3. The molecule has 3 heterocycles. The summed E-state index contributed by atoms with van der Waals surface area (Å²) in [6, 6.07) is 9.48. The van der Waals surface area contributed by atoms with Gasteiger partial charge in [-0.2, -0.15) is 0 Å². The van der Waals surface area contributed by atoms with Gasteiger partial charge in [-0.15, -0.1) is 0 Å². The van der Waals surface area contributed by atoms with E-state index in [9.17, 15) is 4.79 Å². The molecule has 0 aliphatic rings. The van der Waals surface area contributed by atoms with Gasteiger partial charge in [-0.3, -0.25) is 4.40 Å². The summed E-state index contributed by atoms with van der Waals surface area (Å²) in [4.78, 5) is 23.0. The molecule has 0 amide bonds. The zero-order valence-electron chi connectivity index (χ0n) is 13.4. The summed E-state index contributed by atoms with van der Waals surface area (Å²) in [5, 5.41) is 0. The third-order valence-corrected chi connectivity index (χ3v) is 3.48. The third kappa shape index (κ3) is 2.75. The molecule has 0 N–H and O–H groups in total. The second kappa shape index (κ2) is 6.08. The van der Waals surface area contributed by atoms with Crippen molar-refractivity contribution in [1.29, 1.82) is 0 Å². The van der Waals surface area contributed by atoms with Gasteiger partial charge < -0.3 is 9.64 Å². The van der Waals surface area contributed by atoms with Gasteiger partial charge in [0.15, 0.2) is 5.69 Å². The molecular weight excluding hydrogens is 292 g/mol. The van der Waals surface area contributed by atoms with Crippen LogP contribution in [-0.4, -0.2) is 41.0 Å². The Bertz CT molecular complexity index is 837. The largest absolute Gasteiger partial charge is 0.461 e. The molecule has 3 aromatic heterocycles. The van der Waals surface area contributed by atoms with E-state index in [4.69, 9.17) is 4.74 Å². The summed E-state index contributed by atoms with van der Waals surface area (Å²) < 4.78 is 7.01. The monoisotopic (exact) mass is 310 g/mol. The van der Waals surface area contributed by atoms with Crippen LogP contribution in [0.3, 0.4) is 0 Å². The van der Waals surface area contributed by atoms with Gasteiger partial charge in [0.25, 0.3) is 0 Å². The fraction of sp³-hybridized carbons (Fsp3) is 0.235. The van der Waals surface area contributed by atoms with Gasteiger partial charge in [-0.25, -0.2) is 14.8 Å². The first-order chi connectivity index (χ1) is 11.1. The van der Waals surface area contributed by atoms with Crippen molar-refractivity contribution in [3.8, 4) is 11.3 Å². The van der Waals surface area contributed by atoms with Crippen molar-refractivity contribution in [2.75, 3.05) is 25.6 Å². The Kier molecular flexibility index (Phi) is 3.97. The molecule has 23 heavy (non-hydrogen) atoms. The highest BCUT2D eigenvalue weighted by atomic mass is 16.5. The zero-order chi connectivity index (χ0) is 16.4. The smallest absolute Gasteiger partial charge is 0.359 e. The lowest BCUT2D eigenvalue weighted by Gasteiger charge is -2.11. The van der Waals surface area contributed by atoms with Crippen molar-refractivity contribution in [2.24, 2.45) is 0 Å². The molecule has 118 valence electrons. The maximum atomic E-state index is 12.3. The predicted molar refractivity (Wildman–Crippen MR) is 88.7 cm³/mol. The molecule has 6 heteroatoms. The first-order valence-corrected chi connectivity index (χ1v) is 7.39. The lowest BCUT2D eigenvalue weighted by molar-refractivity contribution is 0.0521. The van der Waals surface area contributed by atoms with E-state index >= 15 is 0 Å². The first kappa shape index (κ1) is 15.0. The molecule has 3 aromatic rings. The van der Waals surface area contributed by atoms with Crippen LogP contribution in [0.15, 0.2) is 42.7 Å². The number of hydrogen-bond acceptors (Lipinski definition) is 5. The lowest BCUT2D eigenvalue weighted by atomic mass is 10.1. The van der Waals surface area contributed by atoms with Crippen molar-refractivity contribution in [1.82, 2.24) is 14.4 Å². The summed E-state index contributed by atoms with van der Waals surface area (Å²) in [6.45, 7) is 2.09. The van der Waals surface area contributed by atoms with E-state index < -0.39 is 5.97 Å². The number of rotatable bonds is 4. The Balaban J connectivity index is 2.17. The normalized spacial score (nSPS) is 10.7. The molecule has 0 radical (unpaired) electrons. The van der Waals surface area contributed by atoms with Gasteiger partial charge in [0.05, 0.1) is 12.3 Å². The van der Waals surface area contributed by atoms with Crippen molar-refractivity contribution in [3.63, 3.8) is 0 Å². The molecule has 0 aliphatic heterocycles. The molecule has 0 saturated carbocycles. The molecule has 0 atom stereocenters. The fourth-order valence-electron chi connectivity index (χ4n) is 2.40. The molecule has 0 spiro atoms. The number of carbonyl (C=O) groups excluding carboxylic acids is 1. The number of anilines is 1. The number of hydrogen-bond donors (Lipinski definition) is 0. The predicted octanol–water partition coefficient (Wildman–Crippen LogP) is 2.64. The van der Waals surface area contributed by atoms with Crippen LogP contribution in [0.4, 0.5) is 5.82 Å². The fourth-order valence-corrected chi connectivity index (χ4v) is 2.40. The van der Waals surface area contributed by atoms with Crippen LogP contribution in [-0.2, 0) is 4.74 Å². The molecule has 0 aliphatic carbocycles. The second-order valence-corrected chi connectivity index (χ2v) is 5.26. The van der Waals surface area contributed by atoms with E-state index in [0.717, 1.165) is 11.4 Å². The minimum Gasteiger partial charge on any atom is -0.461 e. The maximum Gasteiger partial charge on any atom is 0.359 e. The SMILES string of the molecule is CCOC(=O)c1nc2ccccn2c1-c1ccc(N(C)C)nc1. The number of nitrogens with zero attached hydrogens (tertiary/aromatic N) is 4. The zero-order valence-corrected chi connectivity index (χ0v) is 13.4. The van der Waals surface area contributed by atoms with Crippen molar-refractivity contribution < 1.29 is 9.53 Å². The molecule has 0 aromatic carbocycles. The van der Waals surface area contributed by atoms with Crippen molar-refractivity contribution in [3.05, 3.63) is 48.4 Å². The van der Waals surface area contributed by atoms with E-state index in [1.807, 2.05) is 59.9 Å². The van der Waals surface area contributed by atoms with Crippen LogP contribution in [0.2, 0.25) is 0 Å². The van der Waals surface area contributed by atoms with Gasteiger partial charge in [0, 0.05) is 32.1 Å². The Morgan fingerprint density at radius 3 is 2.74 bits per heavy atom. The summed E-state index contributed by atoms with van der Waals surface area (Å²) in [5.74, 6) is 0.420. The molecule has 3 rings (SSSR count). The number of ether oxygens (including phenoxy) is 1. The Labute approximate surface area is 134 Å². The molecule has 0 bridgehead atoms. The number of fused-ring (bicyclic) bond motifs is 1. The summed E-state index contributed by atoms with van der Waals surface area (Å²) in [7, 11) is 3.86. The third-order valence-electron chi connectivity index (χ3n) is 3.48. The number of esters is 1. The minimum absolute atomic E-state index is 0.303. The minimum atomic E-state index is -0.428. The highest BCUT2D eigenvalue weighted by Crippen LogP contribution is 2.26. The van der Waals surface area contributed by atoms with E-state index in [1.165, 1.54) is 0 Å². The average molecular weight is 310 g/mol. The molecule has 6 nitrogen and oxygen atoms in total. The second-order valence-electron chi connectivity index (χ2n) is 5.26. The average Bonchev–Trinajstić information content (AvgIpc) is 2.94. The van der Waals surface area contributed by atoms with Crippen LogP contribution < -0.4 is 4.90 Å². The molecular formula is C17H18N4O2. The van der Waals surface area contributed by atoms with E-state index in [0.29, 0.717) is 23.6 Å². The summed E-state index contributed by atoms with van der Waals surface area (Å²) in [6.07, 6.45) is 3.62. The van der Waals surface area contributed by atoms with Gasteiger partial charge in [-0.05, 0) is 31.2 Å². The van der Waals surface area contributed by atoms with Gasteiger partial charge >= 0.3 is 5.97 Å². The summed E-state index contributed by atoms with van der Waals surface area (Å²) in [5.41, 5.74) is 2.51. The number of carbonyl (C=O) groups is 1. The van der Waals surface area contributed by atoms with Crippen LogP contribution in [0.1, 0.15) is 17.4 Å². The molecule has 0 fully saturated rings. The topological polar surface area (TPSA) is 59.7 Å². The van der Waals surface area contributed by atoms with Crippen molar-refractivity contribution >= 4 is 17.4 Å². The van der Waals surface area contributed by atoms with E-state index in [-0.39, 0.29) is 0 Å².